The highest BCUT2D eigenvalue weighted by molar-refractivity contribution is 5.34. The summed E-state index contributed by atoms with van der Waals surface area (Å²) in [6, 6.07) is 10.4. The maximum Gasteiger partial charge on any atom is 0.164 e. The van der Waals surface area contributed by atoms with Crippen molar-refractivity contribution in [3.63, 3.8) is 0 Å². The highest BCUT2D eigenvalue weighted by atomic mass is 19.2. The molecule has 0 heterocycles. The number of aliphatic hydroxyl groups is 1. The molecule has 0 saturated carbocycles. The SMILES string of the molecule is CCCOc1ccc(C(O)c2cccc(F)c2F)cc1. The number of aliphatic hydroxyl groups excluding tert-OH is 1. The molecule has 0 bridgehead atoms. The van der Waals surface area contributed by atoms with Crippen molar-refractivity contribution in [3.05, 3.63) is 65.2 Å². The Hall–Kier alpha value is -1.94. The van der Waals surface area contributed by atoms with Crippen LogP contribution in [0.2, 0.25) is 0 Å². The first-order valence-electron chi connectivity index (χ1n) is 6.48. The highest BCUT2D eigenvalue weighted by Crippen LogP contribution is 2.26. The third-order valence-corrected chi connectivity index (χ3v) is 2.94. The summed E-state index contributed by atoms with van der Waals surface area (Å²) in [5, 5.41) is 10.1. The maximum absolute atomic E-state index is 13.6. The van der Waals surface area contributed by atoms with Gasteiger partial charge < -0.3 is 9.84 Å². The van der Waals surface area contributed by atoms with Crippen molar-refractivity contribution in [1.82, 2.24) is 0 Å². The second kappa shape index (κ2) is 6.48. The van der Waals surface area contributed by atoms with Gasteiger partial charge in [0.2, 0.25) is 0 Å². The van der Waals surface area contributed by atoms with Gasteiger partial charge >= 0.3 is 0 Å². The van der Waals surface area contributed by atoms with Gasteiger partial charge in [-0.3, -0.25) is 0 Å². The normalized spacial score (nSPS) is 12.2. The van der Waals surface area contributed by atoms with E-state index in [1.165, 1.54) is 12.1 Å². The first-order chi connectivity index (χ1) is 9.63. The largest absolute Gasteiger partial charge is 0.494 e. The molecule has 1 N–H and O–H groups in total. The number of benzene rings is 2. The summed E-state index contributed by atoms with van der Waals surface area (Å²) in [7, 11) is 0. The molecule has 1 atom stereocenters. The van der Waals surface area contributed by atoms with E-state index in [4.69, 9.17) is 4.74 Å². The lowest BCUT2D eigenvalue weighted by molar-refractivity contribution is 0.213. The molecule has 0 fully saturated rings. The maximum atomic E-state index is 13.6. The Morgan fingerprint density at radius 3 is 2.45 bits per heavy atom. The van der Waals surface area contributed by atoms with E-state index in [-0.39, 0.29) is 5.56 Å². The van der Waals surface area contributed by atoms with E-state index in [1.54, 1.807) is 24.3 Å². The summed E-state index contributed by atoms with van der Waals surface area (Å²) in [5.41, 5.74) is 0.408. The van der Waals surface area contributed by atoms with Crippen molar-refractivity contribution in [2.75, 3.05) is 6.61 Å². The fraction of sp³-hybridized carbons (Fsp3) is 0.250. The monoisotopic (exact) mass is 278 g/mol. The van der Waals surface area contributed by atoms with E-state index in [2.05, 4.69) is 0 Å². The Labute approximate surface area is 116 Å². The van der Waals surface area contributed by atoms with Crippen LogP contribution >= 0.6 is 0 Å². The zero-order chi connectivity index (χ0) is 14.5. The van der Waals surface area contributed by atoms with Crippen molar-refractivity contribution >= 4 is 0 Å². The predicted octanol–water partition coefficient (Wildman–Crippen LogP) is 3.84. The lowest BCUT2D eigenvalue weighted by Gasteiger charge is -2.13. The molecule has 2 aromatic carbocycles. The number of hydrogen-bond acceptors (Lipinski definition) is 2. The van der Waals surface area contributed by atoms with Crippen molar-refractivity contribution in [3.8, 4) is 5.75 Å². The number of halogens is 2. The number of ether oxygens (including phenoxy) is 1. The molecular weight excluding hydrogens is 262 g/mol. The van der Waals surface area contributed by atoms with Gasteiger partial charge in [0, 0.05) is 5.56 Å². The van der Waals surface area contributed by atoms with Gasteiger partial charge in [0.1, 0.15) is 11.9 Å². The quantitative estimate of drug-likeness (QED) is 0.900. The van der Waals surface area contributed by atoms with Crippen LogP contribution in [0.25, 0.3) is 0 Å². The van der Waals surface area contributed by atoms with Crippen molar-refractivity contribution < 1.29 is 18.6 Å². The zero-order valence-electron chi connectivity index (χ0n) is 11.1. The third kappa shape index (κ3) is 3.14. The van der Waals surface area contributed by atoms with Gasteiger partial charge in [-0.25, -0.2) is 8.78 Å². The second-order valence-electron chi connectivity index (χ2n) is 4.46. The molecule has 0 aliphatic rings. The van der Waals surface area contributed by atoms with Gasteiger partial charge in [-0.1, -0.05) is 31.2 Å². The molecule has 1 unspecified atom stereocenters. The minimum Gasteiger partial charge on any atom is -0.494 e. The van der Waals surface area contributed by atoms with E-state index >= 15 is 0 Å². The molecule has 0 aliphatic carbocycles. The van der Waals surface area contributed by atoms with Gasteiger partial charge in [-0.2, -0.15) is 0 Å². The van der Waals surface area contributed by atoms with Crippen LogP contribution in [0.5, 0.6) is 5.75 Å². The summed E-state index contributed by atoms with van der Waals surface area (Å²) in [6.45, 7) is 2.62. The van der Waals surface area contributed by atoms with Gasteiger partial charge in [0.05, 0.1) is 6.61 Å². The van der Waals surface area contributed by atoms with E-state index in [1.807, 2.05) is 6.92 Å². The average Bonchev–Trinajstić information content (AvgIpc) is 2.48. The van der Waals surface area contributed by atoms with Crippen molar-refractivity contribution in [2.45, 2.75) is 19.4 Å². The van der Waals surface area contributed by atoms with Gasteiger partial charge in [-0.05, 0) is 30.2 Å². The Bertz CT molecular complexity index is 567. The van der Waals surface area contributed by atoms with E-state index in [9.17, 15) is 13.9 Å². The number of hydrogen-bond donors (Lipinski definition) is 1. The zero-order valence-corrected chi connectivity index (χ0v) is 11.1. The van der Waals surface area contributed by atoms with Gasteiger partial charge in [0.15, 0.2) is 11.6 Å². The molecule has 0 saturated heterocycles. The average molecular weight is 278 g/mol. The summed E-state index contributed by atoms with van der Waals surface area (Å²) >= 11 is 0. The van der Waals surface area contributed by atoms with Crippen LogP contribution in [0.3, 0.4) is 0 Å². The van der Waals surface area contributed by atoms with E-state index < -0.39 is 17.7 Å². The molecule has 20 heavy (non-hydrogen) atoms. The van der Waals surface area contributed by atoms with Crippen LogP contribution in [0.15, 0.2) is 42.5 Å². The Morgan fingerprint density at radius 1 is 1.10 bits per heavy atom. The first-order valence-corrected chi connectivity index (χ1v) is 6.48. The molecule has 0 aliphatic heterocycles. The topological polar surface area (TPSA) is 29.5 Å². The second-order valence-corrected chi connectivity index (χ2v) is 4.46. The predicted molar refractivity (Wildman–Crippen MR) is 72.6 cm³/mol. The fourth-order valence-corrected chi connectivity index (χ4v) is 1.88. The minimum absolute atomic E-state index is 0.0766. The van der Waals surface area contributed by atoms with Crippen LogP contribution in [0, 0.1) is 11.6 Å². The van der Waals surface area contributed by atoms with Crippen LogP contribution in [0.4, 0.5) is 8.78 Å². The Balaban J connectivity index is 2.20. The fourth-order valence-electron chi connectivity index (χ4n) is 1.88. The third-order valence-electron chi connectivity index (χ3n) is 2.94. The molecule has 4 heteroatoms. The molecule has 2 aromatic rings. The standard InChI is InChI=1S/C16H16F2O2/c1-2-10-20-12-8-6-11(7-9-12)16(19)13-4-3-5-14(17)15(13)18/h3-9,16,19H,2,10H2,1H3. The Morgan fingerprint density at radius 2 is 1.80 bits per heavy atom. The van der Waals surface area contributed by atoms with Crippen LogP contribution < -0.4 is 4.74 Å². The van der Waals surface area contributed by atoms with Crippen molar-refractivity contribution in [1.29, 1.82) is 0 Å². The van der Waals surface area contributed by atoms with Crippen LogP contribution in [0.1, 0.15) is 30.6 Å². The van der Waals surface area contributed by atoms with Crippen molar-refractivity contribution in [2.24, 2.45) is 0 Å². The first kappa shape index (κ1) is 14.5. The Kier molecular flexibility index (Phi) is 4.69. The lowest BCUT2D eigenvalue weighted by Crippen LogP contribution is -2.04. The summed E-state index contributed by atoms with van der Waals surface area (Å²) in [4.78, 5) is 0. The van der Waals surface area contributed by atoms with E-state index in [0.29, 0.717) is 17.9 Å². The molecule has 0 amide bonds. The molecule has 0 aromatic heterocycles. The number of rotatable bonds is 5. The summed E-state index contributed by atoms with van der Waals surface area (Å²) in [6.07, 6.45) is -0.301. The lowest BCUT2D eigenvalue weighted by atomic mass is 10.0. The van der Waals surface area contributed by atoms with Crippen LogP contribution in [-0.2, 0) is 0 Å². The molecule has 2 rings (SSSR count). The van der Waals surface area contributed by atoms with Gasteiger partial charge in [0.25, 0.3) is 0 Å². The highest BCUT2D eigenvalue weighted by Gasteiger charge is 2.17. The molecule has 106 valence electrons. The molecule has 0 radical (unpaired) electrons. The molecule has 0 spiro atoms. The minimum atomic E-state index is -1.20. The summed E-state index contributed by atoms with van der Waals surface area (Å²) in [5.74, 6) is -1.31. The van der Waals surface area contributed by atoms with Gasteiger partial charge in [-0.15, -0.1) is 0 Å². The van der Waals surface area contributed by atoms with Crippen LogP contribution in [-0.4, -0.2) is 11.7 Å². The molecular formula is C16H16F2O2. The summed E-state index contributed by atoms with van der Waals surface area (Å²) < 4.78 is 32.2. The smallest absolute Gasteiger partial charge is 0.164 e. The molecule has 2 nitrogen and oxygen atoms in total. The van der Waals surface area contributed by atoms with E-state index in [0.717, 1.165) is 12.5 Å².